The highest BCUT2D eigenvalue weighted by Gasteiger charge is 2.57. The zero-order chi connectivity index (χ0) is 16.0. The molecule has 1 aliphatic heterocycles. The molecule has 3 rings (SSSR count). The second-order valence-corrected chi connectivity index (χ2v) is 5.38. The van der Waals surface area contributed by atoms with E-state index in [1.165, 1.54) is 4.90 Å². The number of carbonyl (C=O) groups is 2. The van der Waals surface area contributed by atoms with Crippen LogP contribution >= 0.6 is 0 Å². The van der Waals surface area contributed by atoms with E-state index in [1.54, 1.807) is 0 Å². The molecule has 1 heterocycles. The van der Waals surface area contributed by atoms with Crippen molar-refractivity contribution in [2.75, 3.05) is 18.4 Å². The molecule has 0 radical (unpaired) electrons. The van der Waals surface area contributed by atoms with Gasteiger partial charge in [-0.1, -0.05) is 0 Å². The van der Waals surface area contributed by atoms with Crippen LogP contribution in [0.4, 0.5) is 28.4 Å². The van der Waals surface area contributed by atoms with Gasteiger partial charge in [-0.15, -0.1) is 0 Å². The molecule has 1 aromatic carbocycles. The number of piperidine rings is 1. The lowest BCUT2D eigenvalue weighted by atomic mass is 10.3. The lowest BCUT2D eigenvalue weighted by Crippen LogP contribution is -2.39. The highest BCUT2D eigenvalue weighted by atomic mass is 19.2. The summed E-state index contributed by atoms with van der Waals surface area (Å²) in [6, 6.07) is 0.139. The number of benzene rings is 1. The Hall–Kier alpha value is -2.45. The minimum absolute atomic E-state index is 0.0386. The molecule has 1 saturated heterocycles. The number of carboxylic acid groups (broad SMARTS) is 1. The Kier molecular flexibility index (Phi) is 3.34. The predicted molar refractivity (Wildman–Crippen MR) is 68.8 cm³/mol. The number of anilines is 1. The first kappa shape index (κ1) is 14.5. The molecule has 3 amide bonds. The van der Waals surface area contributed by atoms with Gasteiger partial charge < -0.3 is 20.6 Å². The summed E-state index contributed by atoms with van der Waals surface area (Å²) in [5.41, 5.74) is -0.440. The molecule has 1 saturated carbocycles. The van der Waals surface area contributed by atoms with Crippen LogP contribution in [0.5, 0.6) is 0 Å². The van der Waals surface area contributed by atoms with Crippen LogP contribution in [0.3, 0.4) is 0 Å². The van der Waals surface area contributed by atoms with Crippen molar-refractivity contribution >= 4 is 17.8 Å². The molecule has 2 aliphatic rings. The zero-order valence-electron chi connectivity index (χ0n) is 11.1. The van der Waals surface area contributed by atoms with Gasteiger partial charge in [-0.2, -0.15) is 0 Å². The summed E-state index contributed by atoms with van der Waals surface area (Å²) in [7, 11) is 0. The molecular formula is C13H12F3N3O3. The van der Waals surface area contributed by atoms with E-state index in [-0.39, 0.29) is 17.9 Å². The molecular weight excluding hydrogens is 303 g/mol. The van der Waals surface area contributed by atoms with E-state index in [9.17, 15) is 22.8 Å². The Balaban J connectivity index is 1.59. The van der Waals surface area contributed by atoms with E-state index < -0.39 is 35.3 Å². The van der Waals surface area contributed by atoms with E-state index in [1.807, 2.05) is 0 Å². The smallest absolute Gasteiger partial charge is 0.404 e. The van der Waals surface area contributed by atoms with Crippen LogP contribution in [0.15, 0.2) is 12.1 Å². The quantitative estimate of drug-likeness (QED) is 0.728. The van der Waals surface area contributed by atoms with Gasteiger partial charge in [0.25, 0.3) is 0 Å². The number of hydrogen-bond acceptors (Lipinski definition) is 2. The first-order valence-electron chi connectivity index (χ1n) is 6.56. The molecule has 0 bridgehead atoms. The Morgan fingerprint density at radius 2 is 1.68 bits per heavy atom. The average molecular weight is 315 g/mol. The Morgan fingerprint density at radius 3 is 2.27 bits per heavy atom. The van der Waals surface area contributed by atoms with Gasteiger partial charge in [0.05, 0.1) is 5.69 Å². The van der Waals surface area contributed by atoms with Crippen LogP contribution in [0.25, 0.3) is 0 Å². The summed E-state index contributed by atoms with van der Waals surface area (Å²) < 4.78 is 39.3. The number of likely N-dealkylation sites (tertiary alicyclic amines) is 1. The van der Waals surface area contributed by atoms with Crippen LogP contribution in [0, 0.1) is 29.3 Å². The summed E-state index contributed by atoms with van der Waals surface area (Å²) in [5.74, 6) is -3.58. The topological polar surface area (TPSA) is 81.7 Å². The first-order valence-corrected chi connectivity index (χ1v) is 6.56. The number of halogens is 3. The van der Waals surface area contributed by atoms with Crippen LogP contribution in [-0.4, -0.2) is 41.3 Å². The molecule has 3 N–H and O–H groups in total. The number of fused-ring (bicyclic) bond motifs is 1. The van der Waals surface area contributed by atoms with Crippen molar-refractivity contribution in [3.8, 4) is 0 Å². The summed E-state index contributed by atoms with van der Waals surface area (Å²) in [6.07, 6.45) is -1.11. The highest BCUT2D eigenvalue weighted by Crippen LogP contribution is 2.45. The summed E-state index contributed by atoms with van der Waals surface area (Å²) in [4.78, 5) is 23.9. The lowest BCUT2D eigenvalue weighted by molar-refractivity contribution is 0.190. The largest absolute Gasteiger partial charge is 0.465 e. The van der Waals surface area contributed by atoms with E-state index in [4.69, 9.17) is 5.11 Å². The molecule has 1 aliphatic carbocycles. The van der Waals surface area contributed by atoms with Gasteiger partial charge in [0.15, 0.2) is 11.6 Å². The van der Waals surface area contributed by atoms with Crippen LogP contribution in [0.2, 0.25) is 0 Å². The first-order chi connectivity index (χ1) is 10.4. The molecule has 3 atom stereocenters. The van der Waals surface area contributed by atoms with E-state index in [2.05, 4.69) is 10.6 Å². The molecule has 1 unspecified atom stereocenters. The minimum Gasteiger partial charge on any atom is -0.465 e. The maximum Gasteiger partial charge on any atom is 0.404 e. The lowest BCUT2D eigenvalue weighted by Gasteiger charge is -2.20. The van der Waals surface area contributed by atoms with Gasteiger partial charge in [0.1, 0.15) is 5.82 Å². The standard InChI is InChI=1S/C13H12F3N3O3/c14-7-1-9(16)10(2-8(7)15)17-12(20)19-3-5-6(4-19)11(5)18-13(21)22/h1-2,5-6,11,18H,3-4H2,(H,17,20)(H,21,22)/t5-,6+,11?. The number of urea groups is 1. The monoisotopic (exact) mass is 315 g/mol. The van der Waals surface area contributed by atoms with E-state index in [0.29, 0.717) is 25.2 Å². The van der Waals surface area contributed by atoms with E-state index in [0.717, 1.165) is 0 Å². The van der Waals surface area contributed by atoms with Gasteiger partial charge in [-0.25, -0.2) is 22.8 Å². The van der Waals surface area contributed by atoms with Crippen molar-refractivity contribution in [2.24, 2.45) is 11.8 Å². The van der Waals surface area contributed by atoms with Crippen molar-refractivity contribution in [2.45, 2.75) is 6.04 Å². The molecule has 1 aromatic rings. The van der Waals surface area contributed by atoms with Gasteiger partial charge in [0, 0.05) is 43.1 Å². The second-order valence-electron chi connectivity index (χ2n) is 5.38. The van der Waals surface area contributed by atoms with Crippen molar-refractivity contribution < 1.29 is 27.9 Å². The second kappa shape index (κ2) is 5.08. The van der Waals surface area contributed by atoms with Gasteiger partial charge in [-0.05, 0) is 0 Å². The minimum atomic E-state index is -1.33. The Bertz CT molecular complexity index is 643. The molecule has 6 nitrogen and oxygen atoms in total. The van der Waals surface area contributed by atoms with Crippen LogP contribution in [0.1, 0.15) is 0 Å². The van der Waals surface area contributed by atoms with Crippen LogP contribution in [-0.2, 0) is 0 Å². The van der Waals surface area contributed by atoms with Crippen LogP contribution < -0.4 is 10.6 Å². The van der Waals surface area contributed by atoms with Gasteiger partial charge >= 0.3 is 12.1 Å². The Morgan fingerprint density at radius 1 is 1.09 bits per heavy atom. The highest BCUT2D eigenvalue weighted by molar-refractivity contribution is 5.89. The predicted octanol–water partition coefficient (Wildman–Crippen LogP) is 1.83. The van der Waals surface area contributed by atoms with Gasteiger partial charge in [-0.3, -0.25) is 0 Å². The molecule has 0 aromatic heterocycles. The third kappa shape index (κ3) is 2.53. The molecule has 9 heteroatoms. The maximum atomic E-state index is 13.5. The molecule has 118 valence electrons. The number of nitrogens with zero attached hydrogens (tertiary/aromatic N) is 1. The normalized spacial score (nSPS) is 25.6. The zero-order valence-corrected chi connectivity index (χ0v) is 11.1. The maximum absolute atomic E-state index is 13.5. The molecule has 22 heavy (non-hydrogen) atoms. The number of hydrogen-bond donors (Lipinski definition) is 3. The molecule has 2 fully saturated rings. The third-order valence-corrected chi connectivity index (χ3v) is 4.02. The SMILES string of the molecule is O=C(O)NC1[C@H]2CN(C(=O)Nc3cc(F)c(F)cc3F)C[C@@H]12. The fourth-order valence-corrected chi connectivity index (χ4v) is 2.86. The molecule has 0 spiro atoms. The number of nitrogens with one attached hydrogen (secondary N) is 2. The number of amides is 3. The third-order valence-electron chi connectivity index (χ3n) is 4.02. The number of carbonyl (C=O) groups excluding carboxylic acids is 1. The number of rotatable bonds is 2. The van der Waals surface area contributed by atoms with Crippen molar-refractivity contribution in [3.63, 3.8) is 0 Å². The summed E-state index contributed by atoms with van der Waals surface area (Å²) in [5, 5.41) is 13.2. The van der Waals surface area contributed by atoms with E-state index >= 15 is 0 Å². The van der Waals surface area contributed by atoms with Crippen molar-refractivity contribution in [1.29, 1.82) is 0 Å². The Labute approximate surface area is 122 Å². The van der Waals surface area contributed by atoms with Gasteiger partial charge in [0.2, 0.25) is 0 Å². The van der Waals surface area contributed by atoms with Crippen molar-refractivity contribution in [3.05, 3.63) is 29.6 Å². The fourth-order valence-electron chi connectivity index (χ4n) is 2.86. The summed E-state index contributed by atoms with van der Waals surface area (Å²) >= 11 is 0. The summed E-state index contributed by atoms with van der Waals surface area (Å²) in [6.45, 7) is 0.652. The fraction of sp³-hybridized carbons (Fsp3) is 0.385. The average Bonchev–Trinajstić information content (AvgIpc) is 2.87. The van der Waals surface area contributed by atoms with Crippen molar-refractivity contribution in [1.82, 2.24) is 10.2 Å².